The van der Waals surface area contributed by atoms with E-state index in [1.807, 2.05) is 18.2 Å². The number of nitrogens with zero attached hydrogens (tertiary/aromatic N) is 2. The maximum Gasteiger partial charge on any atom is 0.324 e. The minimum atomic E-state index is -0.882. The van der Waals surface area contributed by atoms with Crippen LogP contribution in [0.2, 0.25) is 0 Å². The van der Waals surface area contributed by atoms with Gasteiger partial charge in [0.25, 0.3) is 0 Å². The zero-order valence-electron chi connectivity index (χ0n) is 12.4. The Morgan fingerprint density at radius 2 is 1.86 bits per heavy atom. The van der Waals surface area contributed by atoms with Crippen molar-refractivity contribution in [3.8, 4) is 0 Å². The van der Waals surface area contributed by atoms with Crippen molar-refractivity contribution in [2.24, 2.45) is 0 Å². The number of carbonyl (C=O) groups is 2. The Morgan fingerprint density at radius 1 is 1.24 bits per heavy atom. The van der Waals surface area contributed by atoms with E-state index >= 15 is 0 Å². The molecule has 0 aromatic heterocycles. The van der Waals surface area contributed by atoms with Crippen LogP contribution in [0.5, 0.6) is 0 Å². The summed E-state index contributed by atoms with van der Waals surface area (Å²) >= 11 is 0. The van der Waals surface area contributed by atoms with Gasteiger partial charge in [0.1, 0.15) is 0 Å². The molecule has 0 aliphatic heterocycles. The summed E-state index contributed by atoms with van der Waals surface area (Å²) in [5, 5.41) is 18.1. The molecule has 0 heterocycles. The summed E-state index contributed by atoms with van der Waals surface area (Å²) in [6.45, 7) is 2.15. The zero-order valence-corrected chi connectivity index (χ0v) is 12.4. The third-order valence-corrected chi connectivity index (χ3v) is 2.94. The number of benzene rings is 1. The van der Waals surface area contributed by atoms with Gasteiger partial charge in [-0.15, -0.1) is 0 Å². The Labute approximate surface area is 124 Å². The molecule has 21 heavy (non-hydrogen) atoms. The fourth-order valence-corrected chi connectivity index (χ4v) is 2.01. The highest BCUT2D eigenvalue weighted by Crippen LogP contribution is 2.16. The van der Waals surface area contributed by atoms with Crippen LogP contribution in [-0.2, 0) is 4.79 Å². The highest BCUT2D eigenvalue weighted by molar-refractivity contribution is 5.91. The second-order valence-electron chi connectivity index (χ2n) is 5.00. The smallest absolute Gasteiger partial charge is 0.324 e. The lowest BCUT2D eigenvalue weighted by atomic mass is 10.2. The number of hydrogen-bond acceptors (Lipinski definition) is 3. The monoisotopic (exact) mass is 294 g/mol. The standard InChI is InChI=1S/C15H22N2O4/c1-12(18)11-16(2)15(21)17(10-6-9-14(19)20)13-7-4-3-5-8-13/h3-5,7-8,12,18H,6,9-11H2,1-2H3,(H,19,20). The zero-order chi connectivity index (χ0) is 15.8. The lowest BCUT2D eigenvalue weighted by Gasteiger charge is -2.29. The molecule has 0 fully saturated rings. The molecular weight excluding hydrogens is 272 g/mol. The van der Waals surface area contributed by atoms with Gasteiger partial charge in [-0.05, 0) is 25.5 Å². The van der Waals surface area contributed by atoms with Crippen molar-refractivity contribution in [1.82, 2.24) is 4.90 Å². The van der Waals surface area contributed by atoms with Crippen LogP contribution in [0.25, 0.3) is 0 Å². The molecule has 6 nitrogen and oxygen atoms in total. The van der Waals surface area contributed by atoms with Gasteiger partial charge in [-0.1, -0.05) is 18.2 Å². The maximum atomic E-state index is 12.4. The quantitative estimate of drug-likeness (QED) is 0.803. The van der Waals surface area contributed by atoms with E-state index in [0.29, 0.717) is 18.7 Å². The molecule has 0 aliphatic carbocycles. The summed E-state index contributed by atoms with van der Waals surface area (Å²) in [4.78, 5) is 26.0. The minimum Gasteiger partial charge on any atom is -0.481 e. The molecule has 1 aromatic rings. The number of aliphatic hydroxyl groups is 1. The van der Waals surface area contributed by atoms with E-state index in [2.05, 4.69) is 0 Å². The van der Waals surface area contributed by atoms with Gasteiger partial charge in [-0.25, -0.2) is 4.79 Å². The fraction of sp³-hybridized carbons (Fsp3) is 0.467. The number of carboxylic acids is 1. The SMILES string of the molecule is CC(O)CN(C)C(=O)N(CCCC(=O)O)c1ccccc1. The molecule has 0 spiro atoms. The predicted octanol–water partition coefficient (Wildman–Crippen LogP) is 1.79. The molecule has 0 aliphatic rings. The summed E-state index contributed by atoms with van der Waals surface area (Å²) in [6.07, 6.45) is -0.231. The number of aliphatic carboxylic acids is 1. The van der Waals surface area contributed by atoms with E-state index in [-0.39, 0.29) is 19.0 Å². The Balaban J connectivity index is 2.80. The average molecular weight is 294 g/mol. The first-order valence-electron chi connectivity index (χ1n) is 6.89. The number of hydrogen-bond donors (Lipinski definition) is 2. The Kier molecular flexibility index (Phi) is 6.68. The molecule has 2 amide bonds. The Bertz CT molecular complexity index is 462. The lowest BCUT2D eigenvalue weighted by molar-refractivity contribution is -0.137. The van der Waals surface area contributed by atoms with E-state index < -0.39 is 12.1 Å². The molecule has 2 N–H and O–H groups in total. The summed E-state index contributed by atoms with van der Waals surface area (Å²) in [7, 11) is 1.61. The molecule has 1 atom stereocenters. The van der Waals surface area contributed by atoms with Crippen LogP contribution in [-0.4, -0.2) is 53.4 Å². The summed E-state index contributed by atoms with van der Waals surface area (Å²) < 4.78 is 0. The number of likely N-dealkylation sites (N-methyl/N-ethyl adjacent to an activating group) is 1. The number of aliphatic hydroxyl groups excluding tert-OH is 1. The maximum absolute atomic E-state index is 12.4. The number of carboxylic acid groups (broad SMARTS) is 1. The van der Waals surface area contributed by atoms with Crippen molar-refractivity contribution >= 4 is 17.7 Å². The van der Waals surface area contributed by atoms with Crippen LogP contribution in [0.15, 0.2) is 30.3 Å². The highest BCUT2D eigenvalue weighted by atomic mass is 16.4. The van der Waals surface area contributed by atoms with Gasteiger partial charge in [0.2, 0.25) is 0 Å². The lowest BCUT2D eigenvalue weighted by Crippen LogP contribution is -2.44. The first-order valence-corrected chi connectivity index (χ1v) is 6.89. The average Bonchev–Trinajstić information content (AvgIpc) is 2.43. The van der Waals surface area contributed by atoms with Crippen LogP contribution in [0.4, 0.5) is 10.5 Å². The number of para-hydroxylation sites is 1. The van der Waals surface area contributed by atoms with E-state index in [9.17, 15) is 14.7 Å². The molecule has 1 rings (SSSR count). The second kappa shape index (κ2) is 8.26. The van der Waals surface area contributed by atoms with E-state index in [0.717, 1.165) is 0 Å². The van der Waals surface area contributed by atoms with Crippen LogP contribution in [0.3, 0.4) is 0 Å². The van der Waals surface area contributed by atoms with E-state index in [4.69, 9.17) is 5.11 Å². The first kappa shape index (κ1) is 17.0. The summed E-state index contributed by atoms with van der Waals surface area (Å²) in [6, 6.07) is 8.84. The largest absolute Gasteiger partial charge is 0.481 e. The van der Waals surface area contributed by atoms with Gasteiger partial charge in [-0.2, -0.15) is 0 Å². The molecule has 1 aromatic carbocycles. The first-order chi connectivity index (χ1) is 9.91. The number of carbonyl (C=O) groups excluding carboxylic acids is 1. The number of anilines is 1. The third-order valence-electron chi connectivity index (χ3n) is 2.94. The molecule has 0 radical (unpaired) electrons. The van der Waals surface area contributed by atoms with Gasteiger partial charge in [-0.3, -0.25) is 9.69 Å². The van der Waals surface area contributed by atoms with Crippen molar-refractivity contribution in [2.45, 2.75) is 25.9 Å². The summed E-state index contributed by atoms with van der Waals surface area (Å²) in [5.41, 5.74) is 0.713. The Hall–Kier alpha value is -2.08. The summed E-state index contributed by atoms with van der Waals surface area (Å²) in [5.74, 6) is -0.882. The highest BCUT2D eigenvalue weighted by Gasteiger charge is 2.20. The molecule has 0 bridgehead atoms. The van der Waals surface area contributed by atoms with Gasteiger partial charge in [0.05, 0.1) is 6.10 Å². The second-order valence-corrected chi connectivity index (χ2v) is 5.00. The van der Waals surface area contributed by atoms with Crippen molar-refractivity contribution < 1.29 is 19.8 Å². The van der Waals surface area contributed by atoms with E-state index in [1.165, 1.54) is 9.80 Å². The minimum absolute atomic E-state index is 0.0106. The third kappa shape index (κ3) is 5.83. The topological polar surface area (TPSA) is 81.1 Å². The number of amides is 2. The van der Waals surface area contributed by atoms with Crippen molar-refractivity contribution in [1.29, 1.82) is 0 Å². The van der Waals surface area contributed by atoms with Crippen LogP contribution in [0.1, 0.15) is 19.8 Å². The van der Waals surface area contributed by atoms with Crippen molar-refractivity contribution in [2.75, 3.05) is 25.0 Å². The fourth-order valence-electron chi connectivity index (χ4n) is 2.01. The molecule has 1 unspecified atom stereocenters. The normalized spacial score (nSPS) is 11.8. The predicted molar refractivity (Wildman–Crippen MR) is 80.4 cm³/mol. The van der Waals surface area contributed by atoms with Gasteiger partial charge >= 0.3 is 12.0 Å². The molecule has 116 valence electrons. The molecular formula is C15H22N2O4. The number of urea groups is 1. The van der Waals surface area contributed by atoms with Crippen LogP contribution >= 0.6 is 0 Å². The van der Waals surface area contributed by atoms with Gasteiger partial charge in [0, 0.05) is 32.2 Å². The molecule has 0 saturated carbocycles. The van der Waals surface area contributed by atoms with E-state index in [1.54, 1.807) is 26.1 Å². The molecule has 6 heteroatoms. The molecule has 0 saturated heterocycles. The van der Waals surface area contributed by atoms with Gasteiger partial charge < -0.3 is 15.1 Å². The Morgan fingerprint density at radius 3 is 2.38 bits per heavy atom. The number of rotatable bonds is 7. The van der Waals surface area contributed by atoms with Crippen LogP contribution < -0.4 is 4.90 Å². The van der Waals surface area contributed by atoms with Crippen molar-refractivity contribution in [3.63, 3.8) is 0 Å². The van der Waals surface area contributed by atoms with Crippen LogP contribution in [0, 0.1) is 0 Å². The van der Waals surface area contributed by atoms with Crippen molar-refractivity contribution in [3.05, 3.63) is 30.3 Å². The van der Waals surface area contributed by atoms with Gasteiger partial charge in [0.15, 0.2) is 0 Å².